The predicted molar refractivity (Wildman–Crippen MR) is 67.2 cm³/mol. The molecule has 0 bridgehead atoms. The molecule has 0 aliphatic carbocycles. The van der Waals surface area contributed by atoms with Gasteiger partial charge in [-0.25, -0.2) is 9.59 Å². The summed E-state index contributed by atoms with van der Waals surface area (Å²) in [5, 5.41) is 2.26. The molecule has 1 N–H and O–H groups in total. The van der Waals surface area contributed by atoms with E-state index in [0.29, 0.717) is 0 Å². The summed E-state index contributed by atoms with van der Waals surface area (Å²) >= 11 is 0. The highest BCUT2D eigenvalue weighted by Crippen LogP contribution is 2.01. The number of alkyl carbamates (subject to hydrolysis) is 1. The molecule has 1 atom stereocenters. The van der Waals surface area contributed by atoms with Crippen molar-refractivity contribution in [3.8, 4) is 0 Å². The van der Waals surface area contributed by atoms with Crippen LogP contribution in [0.25, 0.3) is 0 Å². The number of hydrogen-bond acceptors (Lipinski definition) is 5. The van der Waals surface area contributed by atoms with Crippen molar-refractivity contribution in [1.82, 2.24) is 5.32 Å². The Morgan fingerprint density at radius 1 is 1.21 bits per heavy atom. The SMILES string of the molecule is CCOC(=O)C(NC(=O)OCc1ccccc1)OC. The fraction of sp³-hybridized carbons (Fsp3) is 0.385. The van der Waals surface area contributed by atoms with Crippen LogP contribution in [0.4, 0.5) is 4.79 Å². The van der Waals surface area contributed by atoms with Crippen LogP contribution >= 0.6 is 0 Å². The number of benzene rings is 1. The molecule has 1 aromatic carbocycles. The maximum Gasteiger partial charge on any atom is 0.409 e. The largest absolute Gasteiger partial charge is 0.463 e. The number of hydrogen-bond donors (Lipinski definition) is 1. The summed E-state index contributed by atoms with van der Waals surface area (Å²) < 4.78 is 14.5. The van der Waals surface area contributed by atoms with Gasteiger partial charge in [-0.3, -0.25) is 5.32 Å². The summed E-state index contributed by atoms with van der Waals surface area (Å²) in [7, 11) is 1.29. The summed E-state index contributed by atoms with van der Waals surface area (Å²) in [5.74, 6) is -0.665. The Hall–Kier alpha value is -2.08. The van der Waals surface area contributed by atoms with Crippen molar-refractivity contribution in [1.29, 1.82) is 0 Å². The van der Waals surface area contributed by atoms with E-state index in [9.17, 15) is 9.59 Å². The standard InChI is InChI=1S/C13H17NO5/c1-3-18-12(15)11(17-2)14-13(16)19-9-10-7-5-4-6-8-10/h4-8,11H,3,9H2,1-2H3,(H,14,16). The second-order valence-corrected chi connectivity index (χ2v) is 3.57. The topological polar surface area (TPSA) is 73.9 Å². The van der Waals surface area contributed by atoms with Crippen LogP contribution in [0, 0.1) is 0 Å². The Labute approximate surface area is 111 Å². The molecule has 1 amide bonds. The molecule has 0 aliphatic rings. The lowest BCUT2D eigenvalue weighted by Gasteiger charge is -2.15. The monoisotopic (exact) mass is 267 g/mol. The first-order valence-corrected chi connectivity index (χ1v) is 5.84. The van der Waals surface area contributed by atoms with Gasteiger partial charge >= 0.3 is 12.1 Å². The van der Waals surface area contributed by atoms with E-state index >= 15 is 0 Å². The third-order valence-corrected chi connectivity index (χ3v) is 2.20. The van der Waals surface area contributed by atoms with Crippen LogP contribution in [0.1, 0.15) is 12.5 Å². The van der Waals surface area contributed by atoms with E-state index in [-0.39, 0.29) is 13.2 Å². The van der Waals surface area contributed by atoms with Crippen molar-refractivity contribution in [2.75, 3.05) is 13.7 Å². The van der Waals surface area contributed by atoms with Gasteiger partial charge in [0.05, 0.1) is 6.61 Å². The zero-order valence-corrected chi connectivity index (χ0v) is 10.9. The number of ether oxygens (including phenoxy) is 3. The first-order chi connectivity index (χ1) is 9.17. The Morgan fingerprint density at radius 3 is 2.47 bits per heavy atom. The highest BCUT2D eigenvalue weighted by atomic mass is 16.6. The van der Waals surface area contributed by atoms with E-state index in [1.165, 1.54) is 7.11 Å². The zero-order chi connectivity index (χ0) is 14.1. The lowest BCUT2D eigenvalue weighted by molar-refractivity contribution is -0.156. The summed E-state index contributed by atoms with van der Waals surface area (Å²) in [5.41, 5.74) is 0.850. The second kappa shape index (κ2) is 8.10. The summed E-state index contributed by atoms with van der Waals surface area (Å²) in [4.78, 5) is 22.8. The molecule has 0 heterocycles. The third-order valence-electron chi connectivity index (χ3n) is 2.20. The molecule has 6 nitrogen and oxygen atoms in total. The van der Waals surface area contributed by atoms with Gasteiger partial charge in [-0.2, -0.15) is 0 Å². The molecule has 104 valence electrons. The first-order valence-electron chi connectivity index (χ1n) is 5.84. The Kier molecular flexibility index (Phi) is 6.38. The lowest BCUT2D eigenvalue weighted by atomic mass is 10.2. The van der Waals surface area contributed by atoms with Crippen molar-refractivity contribution >= 4 is 12.1 Å². The molecule has 0 saturated carbocycles. The maximum absolute atomic E-state index is 11.5. The number of carbonyl (C=O) groups excluding carboxylic acids is 2. The molecule has 0 aromatic heterocycles. The molecule has 1 rings (SSSR count). The zero-order valence-electron chi connectivity index (χ0n) is 10.9. The average molecular weight is 267 g/mol. The van der Waals surface area contributed by atoms with Gasteiger partial charge < -0.3 is 14.2 Å². The summed E-state index contributed by atoms with van der Waals surface area (Å²) in [6.07, 6.45) is -1.91. The van der Waals surface area contributed by atoms with E-state index in [1.54, 1.807) is 6.92 Å². The average Bonchev–Trinajstić information content (AvgIpc) is 2.44. The van der Waals surface area contributed by atoms with Gasteiger partial charge in [0, 0.05) is 7.11 Å². The number of methoxy groups -OCH3 is 1. The van der Waals surface area contributed by atoms with Gasteiger partial charge in [0.2, 0.25) is 6.23 Å². The number of rotatable bonds is 6. The minimum absolute atomic E-state index is 0.117. The molecule has 1 unspecified atom stereocenters. The predicted octanol–water partition coefficient (Wildman–Crippen LogP) is 1.45. The lowest BCUT2D eigenvalue weighted by Crippen LogP contribution is -2.43. The van der Waals surface area contributed by atoms with Gasteiger partial charge in [0.15, 0.2) is 0 Å². The van der Waals surface area contributed by atoms with Gasteiger partial charge in [-0.15, -0.1) is 0 Å². The quantitative estimate of drug-likeness (QED) is 0.623. The van der Waals surface area contributed by atoms with Crippen LogP contribution in [0.2, 0.25) is 0 Å². The number of nitrogens with one attached hydrogen (secondary N) is 1. The van der Waals surface area contributed by atoms with Crippen LogP contribution in [0.3, 0.4) is 0 Å². The third kappa shape index (κ3) is 5.39. The van der Waals surface area contributed by atoms with Crippen LogP contribution in [-0.4, -0.2) is 32.0 Å². The minimum Gasteiger partial charge on any atom is -0.463 e. The molecule has 0 saturated heterocycles. The van der Waals surface area contributed by atoms with Gasteiger partial charge in [0.25, 0.3) is 0 Å². The van der Waals surface area contributed by atoms with E-state index < -0.39 is 18.3 Å². The van der Waals surface area contributed by atoms with E-state index in [2.05, 4.69) is 5.32 Å². The van der Waals surface area contributed by atoms with Crippen molar-refractivity contribution in [2.45, 2.75) is 19.8 Å². The highest BCUT2D eigenvalue weighted by Gasteiger charge is 2.21. The molecule has 6 heteroatoms. The highest BCUT2D eigenvalue weighted by molar-refractivity contribution is 5.79. The normalized spacial score (nSPS) is 11.5. The van der Waals surface area contributed by atoms with E-state index in [4.69, 9.17) is 14.2 Å². The molecule has 19 heavy (non-hydrogen) atoms. The number of amides is 1. The van der Waals surface area contributed by atoms with Crippen LogP contribution in [0.15, 0.2) is 30.3 Å². The smallest absolute Gasteiger partial charge is 0.409 e. The van der Waals surface area contributed by atoms with E-state index in [0.717, 1.165) is 5.56 Å². The first kappa shape index (κ1) is 15.0. The summed E-state index contributed by atoms with van der Waals surface area (Å²) in [6.45, 7) is 1.99. The Morgan fingerprint density at radius 2 is 1.89 bits per heavy atom. The van der Waals surface area contributed by atoms with Crippen LogP contribution < -0.4 is 5.32 Å². The number of esters is 1. The fourth-order valence-electron chi connectivity index (χ4n) is 1.30. The van der Waals surface area contributed by atoms with Gasteiger partial charge in [-0.1, -0.05) is 30.3 Å². The van der Waals surface area contributed by atoms with Crippen molar-refractivity contribution in [3.05, 3.63) is 35.9 Å². The fourth-order valence-corrected chi connectivity index (χ4v) is 1.30. The minimum atomic E-state index is -1.16. The van der Waals surface area contributed by atoms with E-state index in [1.807, 2.05) is 30.3 Å². The van der Waals surface area contributed by atoms with Crippen molar-refractivity contribution in [2.24, 2.45) is 0 Å². The second-order valence-electron chi connectivity index (χ2n) is 3.57. The molecular weight excluding hydrogens is 250 g/mol. The van der Waals surface area contributed by atoms with Gasteiger partial charge in [-0.05, 0) is 12.5 Å². The van der Waals surface area contributed by atoms with Crippen LogP contribution in [-0.2, 0) is 25.6 Å². The Bertz CT molecular complexity index is 407. The number of carbonyl (C=O) groups is 2. The van der Waals surface area contributed by atoms with Crippen molar-refractivity contribution < 1.29 is 23.8 Å². The Balaban J connectivity index is 2.39. The maximum atomic E-state index is 11.5. The molecule has 0 radical (unpaired) electrons. The van der Waals surface area contributed by atoms with Gasteiger partial charge in [0.1, 0.15) is 6.61 Å². The summed E-state index contributed by atoms with van der Waals surface area (Å²) in [6, 6.07) is 9.20. The van der Waals surface area contributed by atoms with Crippen LogP contribution in [0.5, 0.6) is 0 Å². The molecular formula is C13H17NO5. The van der Waals surface area contributed by atoms with Crippen molar-refractivity contribution in [3.63, 3.8) is 0 Å². The molecule has 0 aliphatic heterocycles. The molecule has 1 aromatic rings. The molecule has 0 spiro atoms. The molecule has 0 fully saturated rings.